The number of esters is 1. The number of anilines is 2. The average molecular weight is 469 g/mol. The topological polar surface area (TPSA) is 93.7 Å². The first kappa shape index (κ1) is 23.5. The number of hydrogen-bond donors (Lipinski definition) is 2. The maximum Gasteiger partial charge on any atom is 0.306 e. The molecule has 4 rings (SSSR count). The first-order chi connectivity index (χ1) is 17.1. The lowest BCUT2D eigenvalue weighted by Gasteiger charge is -2.09. The number of ether oxygens (including phenoxy) is 2. The molecule has 0 aliphatic rings. The zero-order valence-electron chi connectivity index (χ0n) is 18.9. The second-order valence-corrected chi connectivity index (χ2v) is 7.72. The lowest BCUT2D eigenvalue weighted by molar-refractivity contribution is -0.147. The van der Waals surface area contributed by atoms with Crippen molar-refractivity contribution in [3.05, 3.63) is 97.1 Å². The van der Waals surface area contributed by atoms with Gasteiger partial charge in [-0.15, -0.1) is 0 Å². The largest absolute Gasteiger partial charge is 0.457 e. The Kier molecular flexibility index (Phi) is 7.70. The van der Waals surface area contributed by atoms with Crippen molar-refractivity contribution >= 4 is 39.9 Å². The van der Waals surface area contributed by atoms with E-state index < -0.39 is 18.5 Å². The van der Waals surface area contributed by atoms with Gasteiger partial charge in [-0.05, 0) is 47.9 Å². The number of hydrogen-bond acceptors (Lipinski definition) is 5. The Morgan fingerprint density at radius 1 is 0.629 bits per heavy atom. The third kappa shape index (κ3) is 6.91. The van der Waals surface area contributed by atoms with Crippen molar-refractivity contribution < 1.29 is 23.9 Å². The molecule has 0 unspecified atom stereocenters. The second-order valence-electron chi connectivity index (χ2n) is 7.72. The summed E-state index contributed by atoms with van der Waals surface area (Å²) < 4.78 is 10.7. The standard InChI is InChI=1S/C28H24N2O5/c31-26(30-25-12-6-8-20-7-4-5-11-24(20)25)17-18-28(33)34-19-27(32)29-21-13-15-23(16-14-21)35-22-9-2-1-3-10-22/h1-16H,17-19H2,(H,29,32)(H,30,31). The van der Waals surface area contributed by atoms with Gasteiger partial charge >= 0.3 is 5.97 Å². The molecule has 0 saturated heterocycles. The van der Waals surface area contributed by atoms with Gasteiger partial charge in [0.1, 0.15) is 11.5 Å². The molecule has 0 atom stereocenters. The van der Waals surface area contributed by atoms with Crippen molar-refractivity contribution in [1.29, 1.82) is 0 Å². The molecule has 176 valence electrons. The van der Waals surface area contributed by atoms with Gasteiger partial charge in [0, 0.05) is 23.2 Å². The lowest BCUT2D eigenvalue weighted by atomic mass is 10.1. The van der Waals surface area contributed by atoms with E-state index in [0.717, 1.165) is 10.8 Å². The molecule has 0 aliphatic heterocycles. The molecule has 7 heteroatoms. The van der Waals surface area contributed by atoms with Gasteiger partial charge in [0.05, 0.1) is 6.42 Å². The lowest BCUT2D eigenvalue weighted by Crippen LogP contribution is -2.21. The molecular weight excluding hydrogens is 444 g/mol. The van der Waals surface area contributed by atoms with Crippen LogP contribution in [0.2, 0.25) is 0 Å². The second kappa shape index (κ2) is 11.5. The third-order valence-electron chi connectivity index (χ3n) is 5.10. The Morgan fingerprint density at radius 2 is 1.31 bits per heavy atom. The number of rotatable bonds is 9. The maximum atomic E-state index is 12.3. The highest BCUT2D eigenvalue weighted by molar-refractivity contribution is 6.02. The Morgan fingerprint density at radius 3 is 2.11 bits per heavy atom. The maximum absolute atomic E-state index is 12.3. The van der Waals surface area contributed by atoms with E-state index in [9.17, 15) is 14.4 Å². The van der Waals surface area contributed by atoms with Crippen LogP contribution in [0.3, 0.4) is 0 Å². The molecule has 0 bridgehead atoms. The molecule has 4 aromatic rings. The highest BCUT2D eigenvalue weighted by atomic mass is 16.5. The van der Waals surface area contributed by atoms with Crippen LogP contribution in [0.1, 0.15) is 12.8 Å². The fourth-order valence-electron chi connectivity index (χ4n) is 3.41. The van der Waals surface area contributed by atoms with Crippen LogP contribution in [-0.4, -0.2) is 24.4 Å². The first-order valence-electron chi connectivity index (χ1n) is 11.1. The van der Waals surface area contributed by atoms with Gasteiger partial charge in [-0.1, -0.05) is 54.6 Å². The van der Waals surface area contributed by atoms with E-state index >= 15 is 0 Å². The van der Waals surface area contributed by atoms with Gasteiger partial charge in [-0.3, -0.25) is 14.4 Å². The number of benzene rings is 4. The van der Waals surface area contributed by atoms with E-state index in [-0.39, 0.29) is 18.7 Å². The summed E-state index contributed by atoms with van der Waals surface area (Å²) in [7, 11) is 0. The summed E-state index contributed by atoms with van der Waals surface area (Å²) in [5, 5.41) is 7.40. The van der Waals surface area contributed by atoms with E-state index in [2.05, 4.69) is 10.6 Å². The smallest absolute Gasteiger partial charge is 0.306 e. The number of carbonyl (C=O) groups is 3. The normalized spacial score (nSPS) is 10.4. The van der Waals surface area contributed by atoms with Crippen LogP contribution < -0.4 is 15.4 Å². The van der Waals surface area contributed by atoms with E-state index in [1.807, 2.05) is 72.8 Å². The molecule has 7 nitrogen and oxygen atoms in total. The molecule has 0 heterocycles. The summed E-state index contributed by atoms with van der Waals surface area (Å²) >= 11 is 0. The molecule has 0 spiro atoms. The summed E-state index contributed by atoms with van der Waals surface area (Å²) in [5.74, 6) is -0.0694. The summed E-state index contributed by atoms with van der Waals surface area (Å²) in [5.41, 5.74) is 1.22. The summed E-state index contributed by atoms with van der Waals surface area (Å²) in [6, 6.07) is 29.5. The molecule has 4 aromatic carbocycles. The third-order valence-corrected chi connectivity index (χ3v) is 5.10. The molecule has 0 radical (unpaired) electrons. The molecule has 0 saturated carbocycles. The van der Waals surface area contributed by atoms with Crippen LogP contribution in [0.15, 0.2) is 97.1 Å². The highest BCUT2D eigenvalue weighted by Crippen LogP contribution is 2.24. The van der Waals surface area contributed by atoms with Crippen molar-refractivity contribution in [2.75, 3.05) is 17.2 Å². The van der Waals surface area contributed by atoms with Crippen molar-refractivity contribution in [3.63, 3.8) is 0 Å². The monoisotopic (exact) mass is 468 g/mol. The molecule has 0 fully saturated rings. The Balaban J connectivity index is 1.18. The number of fused-ring (bicyclic) bond motifs is 1. The number of carbonyl (C=O) groups excluding carboxylic acids is 3. The number of para-hydroxylation sites is 1. The Hall–Kier alpha value is -4.65. The Bertz CT molecular complexity index is 1320. The van der Waals surface area contributed by atoms with E-state index in [0.29, 0.717) is 22.9 Å². The van der Waals surface area contributed by atoms with Gasteiger partial charge in [-0.2, -0.15) is 0 Å². The summed E-state index contributed by atoms with van der Waals surface area (Å²) in [6.07, 6.45) is -0.179. The number of amides is 2. The zero-order chi connectivity index (χ0) is 24.5. The van der Waals surface area contributed by atoms with Crippen LogP contribution in [0.25, 0.3) is 10.8 Å². The molecule has 35 heavy (non-hydrogen) atoms. The van der Waals surface area contributed by atoms with Gasteiger partial charge in [-0.25, -0.2) is 0 Å². The molecular formula is C28H24N2O5. The van der Waals surface area contributed by atoms with Crippen molar-refractivity contribution in [2.24, 2.45) is 0 Å². The zero-order valence-corrected chi connectivity index (χ0v) is 18.9. The Labute approximate surface area is 202 Å². The van der Waals surface area contributed by atoms with Crippen LogP contribution in [0.4, 0.5) is 11.4 Å². The first-order valence-corrected chi connectivity index (χ1v) is 11.1. The van der Waals surface area contributed by atoms with Crippen molar-refractivity contribution in [2.45, 2.75) is 12.8 Å². The summed E-state index contributed by atoms with van der Waals surface area (Å²) in [4.78, 5) is 36.4. The minimum atomic E-state index is -0.625. The molecule has 2 amide bonds. The average Bonchev–Trinajstić information content (AvgIpc) is 2.88. The highest BCUT2D eigenvalue weighted by Gasteiger charge is 2.12. The minimum absolute atomic E-state index is 0.0491. The molecule has 2 N–H and O–H groups in total. The van der Waals surface area contributed by atoms with Crippen LogP contribution in [0, 0.1) is 0 Å². The van der Waals surface area contributed by atoms with Crippen LogP contribution >= 0.6 is 0 Å². The fourth-order valence-corrected chi connectivity index (χ4v) is 3.41. The summed E-state index contributed by atoms with van der Waals surface area (Å²) in [6.45, 7) is -0.438. The SMILES string of the molecule is O=C(COC(=O)CCC(=O)Nc1cccc2ccccc12)Nc1ccc(Oc2ccccc2)cc1. The predicted octanol–water partition coefficient (Wildman–Crippen LogP) is 5.53. The van der Waals surface area contributed by atoms with Crippen molar-refractivity contribution in [1.82, 2.24) is 0 Å². The van der Waals surface area contributed by atoms with Gasteiger partial charge in [0.15, 0.2) is 6.61 Å². The van der Waals surface area contributed by atoms with Crippen molar-refractivity contribution in [3.8, 4) is 11.5 Å². The minimum Gasteiger partial charge on any atom is -0.457 e. The number of nitrogens with one attached hydrogen (secondary N) is 2. The quantitative estimate of drug-likeness (QED) is 0.315. The van der Waals surface area contributed by atoms with E-state index in [1.54, 1.807) is 24.3 Å². The predicted molar refractivity (Wildman–Crippen MR) is 134 cm³/mol. The van der Waals surface area contributed by atoms with Gasteiger partial charge in [0.25, 0.3) is 5.91 Å². The van der Waals surface area contributed by atoms with Gasteiger partial charge in [0.2, 0.25) is 5.91 Å². The molecule has 0 aromatic heterocycles. The molecule has 0 aliphatic carbocycles. The van der Waals surface area contributed by atoms with Crippen LogP contribution in [0.5, 0.6) is 11.5 Å². The van der Waals surface area contributed by atoms with Gasteiger partial charge < -0.3 is 20.1 Å². The van der Waals surface area contributed by atoms with Crippen LogP contribution in [-0.2, 0) is 19.1 Å². The van der Waals surface area contributed by atoms with E-state index in [1.165, 1.54) is 0 Å². The fraction of sp³-hybridized carbons (Fsp3) is 0.107. The van der Waals surface area contributed by atoms with E-state index in [4.69, 9.17) is 9.47 Å².